The molecule has 6 rings (SSSR count). The first kappa shape index (κ1) is 23.3. The van der Waals surface area contributed by atoms with Crippen LogP contribution in [0.1, 0.15) is 39.2 Å². The monoisotopic (exact) mass is 494 g/mol. The zero-order valence-corrected chi connectivity index (χ0v) is 21.1. The first-order chi connectivity index (χ1) is 16.2. The van der Waals surface area contributed by atoms with E-state index in [1.165, 1.54) is 6.42 Å². The quantitative estimate of drug-likeness (QED) is 0.365. The van der Waals surface area contributed by atoms with E-state index in [1.807, 2.05) is 18.2 Å². The summed E-state index contributed by atoms with van der Waals surface area (Å²) in [5.41, 5.74) is 2.61. The maximum atomic E-state index is 12.9. The topological polar surface area (TPSA) is 59.6 Å². The molecule has 4 atom stereocenters. The molecule has 0 aliphatic heterocycles. The number of fused-ring (bicyclic) bond motifs is 3. The van der Waals surface area contributed by atoms with Crippen LogP contribution in [0.3, 0.4) is 0 Å². The van der Waals surface area contributed by atoms with Gasteiger partial charge >= 0.3 is 0 Å². The van der Waals surface area contributed by atoms with Crippen molar-refractivity contribution < 1.29 is 0 Å². The normalized spacial score (nSPS) is 24.9. The van der Waals surface area contributed by atoms with Crippen LogP contribution in [0.25, 0.3) is 10.9 Å². The van der Waals surface area contributed by atoms with Crippen molar-refractivity contribution in [3.63, 3.8) is 0 Å². The van der Waals surface area contributed by atoms with Gasteiger partial charge < -0.3 is 0 Å². The molecule has 0 spiro atoms. The lowest BCUT2D eigenvalue weighted by Crippen LogP contribution is -2.56. The fourth-order valence-electron chi connectivity index (χ4n) is 5.79. The highest BCUT2D eigenvalue weighted by atomic mass is 35.5. The van der Waals surface area contributed by atoms with Crippen LogP contribution in [0.15, 0.2) is 57.5 Å². The summed E-state index contributed by atoms with van der Waals surface area (Å²) in [5.74, 6) is 2.05. The third-order valence-corrected chi connectivity index (χ3v) is 8.75. The molecule has 7 heteroatoms. The highest BCUT2D eigenvalue weighted by Gasteiger charge is 2.56. The molecule has 1 heterocycles. The van der Waals surface area contributed by atoms with E-state index < -0.39 is 0 Å². The fourth-order valence-corrected chi connectivity index (χ4v) is 6.30. The Balaban J connectivity index is 1.30. The second-order valence-corrected chi connectivity index (χ2v) is 11.1. The molecule has 3 aromatic rings. The molecule has 0 radical (unpaired) electrons. The summed E-state index contributed by atoms with van der Waals surface area (Å²) in [4.78, 5) is 26.5. The van der Waals surface area contributed by atoms with E-state index in [1.54, 1.807) is 29.1 Å². The van der Waals surface area contributed by atoms with Crippen molar-refractivity contribution in [1.82, 2.24) is 9.55 Å². The van der Waals surface area contributed by atoms with Gasteiger partial charge in [0.25, 0.3) is 5.56 Å². The Labute approximate surface area is 209 Å². The van der Waals surface area contributed by atoms with Gasteiger partial charge in [-0.1, -0.05) is 50.0 Å². The average Bonchev–Trinajstić information content (AvgIpc) is 2.80. The summed E-state index contributed by atoms with van der Waals surface area (Å²) in [6, 6.07) is 14.0. The second-order valence-electron chi connectivity index (χ2n) is 10.3. The second kappa shape index (κ2) is 8.96. The SMILES string of the molecule is CC1C(N=C=Nc2ccc3c(=O)n(CCc4ccc(Cl)cc4Cl)cnc3c2)CC2CC1C2(C)C. The van der Waals surface area contributed by atoms with Crippen molar-refractivity contribution in [1.29, 1.82) is 0 Å². The highest BCUT2D eigenvalue weighted by molar-refractivity contribution is 6.35. The number of hydrogen-bond donors (Lipinski definition) is 0. The lowest BCUT2D eigenvalue weighted by molar-refractivity contribution is -0.108. The molecule has 0 saturated heterocycles. The fraction of sp³-hybridized carbons (Fsp3) is 0.444. The van der Waals surface area contributed by atoms with Gasteiger partial charge in [0.05, 0.1) is 35.0 Å². The van der Waals surface area contributed by atoms with Crippen LogP contribution in [-0.2, 0) is 13.0 Å². The van der Waals surface area contributed by atoms with Crippen LogP contribution >= 0.6 is 23.2 Å². The molecular formula is C27H28Cl2N4O. The van der Waals surface area contributed by atoms with Gasteiger partial charge in [-0.05, 0) is 78.3 Å². The molecular weight excluding hydrogens is 467 g/mol. The molecule has 3 saturated carbocycles. The minimum Gasteiger partial charge on any atom is -0.298 e. The molecule has 4 unspecified atom stereocenters. The van der Waals surface area contributed by atoms with E-state index in [4.69, 9.17) is 23.2 Å². The van der Waals surface area contributed by atoms with E-state index in [2.05, 4.69) is 41.7 Å². The molecule has 2 bridgehead atoms. The molecule has 3 aliphatic rings. The standard InChI is InChI=1S/C27H28Cl2N4O/c1-16-22-10-18(27(22,2)3)11-24(16)31-14-30-20-6-7-21-25(13-20)32-15-33(26(21)34)9-8-17-4-5-19(28)12-23(17)29/h4-7,12-13,15-16,18,22,24H,8-11H2,1-3H3. The number of nitrogens with zero attached hydrogens (tertiary/aromatic N) is 4. The molecule has 1 aromatic heterocycles. The molecule has 3 aliphatic carbocycles. The van der Waals surface area contributed by atoms with Crippen LogP contribution in [-0.4, -0.2) is 21.6 Å². The maximum absolute atomic E-state index is 12.9. The number of halogens is 2. The van der Waals surface area contributed by atoms with Gasteiger partial charge in [0, 0.05) is 16.6 Å². The summed E-state index contributed by atoms with van der Waals surface area (Å²) in [6.07, 6.45) is 4.64. The van der Waals surface area contributed by atoms with Crippen molar-refractivity contribution in [3.05, 3.63) is 68.7 Å². The van der Waals surface area contributed by atoms with Crippen molar-refractivity contribution in [2.75, 3.05) is 0 Å². The van der Waals surface area contributed by atoms with Gasteiger partial charge in [-0.2, -0.15) is 4.99 Å². The van der Waals surface area contributed by atoms with Crippen LogP contribution in [0, 0.1) is 23.2 Å². The van der Waals surface area contributed by atoms with E-state index in [0.29, 0.717) is 57.0 Å². The van der Waals surface area contributed by atoms with Crippen molar-refractivity contribution >= 4 is 45.8 Å². The Morgan fingerprint density at radius 2 is 2.00 bits per heavy atom. The van der Waals surface area contributed by atoms with Crippen molar-refractivity contribution in [3.8, 4) is 0 Å². The Bertz CT molecular complexity index is 1370. The molecule has 34 heavy (non-hydrogen) atoms. The molecule has 5 nitrogen and oxygen atoms in total. The minimum absolute atomic E-state index is 0.0860. The van der Waals surface area contributed by atoms with E-state index in [-0.39, 0.29) is 5.56 Å². The Kier molecular flexibility index (Phi) is 6.14. The molecule has 2 aromatic carbocycles. The zero-order valence-electron chi connectivity index (χ0n) is 19.6. The Hall–Kier alpha value is -2.46. The van der Waals surface area contributed by atoms with Crippen molar-refractivity contribution in [2.45, 2.75) is 52.6 Å². The van der Waals surface area contributed by atoms with Gasteiger partial charge in [-0.25, -0.2) is 9.98 Å². The average molecular weight is 495 g/mol. The molecule has 0 N–H and O–H groups in total. The number of aryl methyl sites for hydroxylation is 2. The summed E-state index contributed by atoms with van der Waals surface area (Å²) in [6.45, 7) is 7.57. The molecule has 3 fully saturated rings. The number of hydrogen-bond acceptors (Lipinski definition) is 4. The van der Waals surface area contributed by atoms with Gasteiger partial charge in [-0.3, -0.25) is 9.36 Å². The largest absolute Gasteiger partial charge is 0.298 e. The lowest BCUT2D eigenvalue weighted by atomic mass is 9.45. The third kappa shape index (κ3) is 4.22. The van der Waals surface area contributed by atoms with Crippen LogP contribution in [0.4, 0.5) is 5.69 Å². The number of aliphatic imine (C=N–C) groups is 2. The predicted molar refractivity (Wildman–Crippen MR) is 139 cm³/mol. The number of benzene rings is 2. The lowest BCUT2D eigenvalue weighted by Gasteiger charge is -2.61. The Morgan fingerprint density at radius 1 is 1.18 bits per heavy atom. The minimum atomic E-state index is -0.0860. The van der Waals surface area contributed by atoms with Crippen LogP contribution in [0.2, 0.25) is 10.0 Å². The van der Waals surface area contributed by atoms with Crippen LogP contribution in [0.5, 0.6) is 0 Å². The van der Waals surface area contributed by atoms with Gasteiger partial charge in [-0.15, -0.1) is 0 Å². The van der Waals surface area contributed by atoms with Crippen molar-refractivity contribution in [2.24, 2.45) is 33.2 Å². The summed E-state index contributed by atoms with van der Waals surface area (Å²) >= 11 is 12.2. The first-order valence-electron chi connectivity index (χ1n) is 11.8. The van der Waals surface area contributed by atoms with Gasteiger partial charge in [0.15, 0.2) is 0 Å². The molecule has 176 valence electrons. The summed E-state index contributed by atoms with van der Waals surface area (Å²) in [7, 11) is 0. The van der Waals surface area contributed by atoms with Gasteiger partial charge in [0.1, 0.15) is 0 Å². The number of rotatable bonds is 5. The zero-order chi connectivity index (χ0) is 24.0. The van der Waals surface area contributed by atoms with Gasteiger partial charge in [0.2, 0.25) is 0 Å². The Morgan fingerprint density at radius 3 is 2.74 bits per heavy atom. The predicted octanol–water partition coefficient (Wildman–Crippen LogP) is 6.82. The molecule has 0 amide bonds. The summed E-state index contributed by atoms with van der Waals surface area (Å²) in [5, 5.41) is 1.75. The maximum Gasteiger partial charge on any atom is 0.261 e. The van der Waals surface area contributed by atoms with E-state index in [9.17, 15) is 4.79 Å². The summed E-state index contributed by atoms with van der Waals surface area (Å²) < 4.78 is 1.61. The highest BCUT2D eigenvalue weighted by Crippen LogP contribution is 2.61. The smallest absolute Gasteiger partial charge is 0.261 e. The van der Waals surface area contributed by atoms with E-state index >= 15 is 0 Å². The number of aromatic nitrogens is 2. The first-order valence-corrected chi connectivity index (χ1v) is 12.6. The van der Waals surface area contributed by atoms with Crippen LogP contribution < -0.4 is 5.56 Å². The third-order valence-electron chi connectivity index (χ3n) is 8.16. The van der Waals surface area contributed by atoms with E-state index in [0.717, 1.165) is 23.8 Å².